The third-order valence-electron chi connectivity index (χ3n) is 5.09. The summed E-state index contributed by atoms with van der Waals surface area (Å²) in [5, 5.41) is 34.1. The number of amides is 3. The number of nitrogens with zero attached hydrogens (tertiary/aromatic N) is 1. The van der Waals surface area contributed by atoms with Gasteiger partial charge in [-0.1, -0.05) is 0 Å². The maximum Gasteiger partial charge on any atom is 0.326 e. The predicted molar refractivity (Wildman–Crippen MR) is 138 cm³/mol. The zero-order chi connectivity index (χ0) is 29.3. The van der Waals surface area contributed by atoms with E-state index >= 15 is 0 Å². The normalized spacial score (nSPS) is 13.7. The summed E-state index contributed by atoms with van der Waals surface area (Å²) in [5.74, 6) is -6.13. The van der Waals surface area contributed by atoms with Crippen molar-refractivity contribution >= 4 is 53.4 Å². The van der Waals surface area contributed by atoms with Gasteiger partial charge in [0.05, 0.1) is 6.04 Å². The van der Waals surface area contributed by atoms with Gasteiger partial charge in [-0.2, -0.15) is 11.8 Å². The lowest BCUT2D eigenvalue weighted by molar-refractivity contribution is -0.144. The van der Waals surface area contributed by atoms with Gasteiger partial charge in [-0.25, -0.2) is 4.79 Å². The third kappa shape index (κ3) is 15.5. The quantitative estimate of drug-likeness (QED) is 0.0417. The van der Waals surface area contributed by atoms with Gasteiger partial charge >= 0.3 is 17.9 Å². The molecule has 38 heavy (non-hydrogen) atoms. The maximum atomic E-state index is 13.1. The molecule has 0 aromatic carbocycles. The highest BCUT2D eigenvalue weighted by Crippen LogP contribution is 2.07. The molecule has 0 spiro atoms. The fourth-order valence-corrected chi connectivity index (χ4v) is 3.52. The van der Waals surface area contributed by atoms with Crippen LogP contribution in [0.2, 0.25) is 0 Å². The zero-order valence-corrected chi connectivity index (χ0v) is 21.9. The van der Waals surface area contributed by atoms with Crippen molar-refractivity contribution in [1.29, 1.82) is 0 Å². The number of nitrogens with two attached hydrogens (primary N) is 3. The average molecular weight is 564 g/mol. The number of nitrogens with one attached hydrogen (secondary N) is 3. The Hall–Kier alpha value is -3.60. The third-order valence-corrected chi connectivity index (χ3v) is 5.73. The van der Waals surface area contributed by atoms with Crippen molar-refractivity contribution < 1.29 is 44.1 Å². The summed E-state index contributed by atoms with van der Waals surface area (Å²) >= 11 is 1.48. The first-order valence-corrected chi connectivity index (χ1v) is 13.0. The molecule has 4 unspecified atom stereocenters. The van der Waals surface area contributed by atoms with Crippen molar-refractivity contribution in [2.24, 2.45) is 22.2 Å². The molecule has 0 bridgehead atoms. The van der Waals surface area contributed by atoms with Crippen molar-refractivity contribution in [2.75, 3.05) is 18.6 Å². The fourth-order valence-electron chi connectivity index (χ4n) is 3.03. The van der Waals surface area contributed by atoms with E-state index < -0.39 is 85.5 Å². The van der Waals surface area contributed by atoms with Gasteiger partial charge in [0.15, 0.2) is 5.96 Å². The van der Waals surface area contributed by atoms with Crippen LogP contribution >= 0.6 is 11.8 Å². The molecule has 216 valence electrons. The standard InChI is InChI=1S/C21H37N7O9S/c1-38-10-8-11(22)17(33)26-12(3-2-9-25-21(23)24)18(34)27-13(4-6-15(29)30)19(35)28-14(20(36)37)5-7-16(31)32/h11-14H,2-10,22H2,1H3,(H,26,33)(H,27,34)(H,28,35)(H,29,30)(H,31,32)(H,36,37)(H4,23,24,25). The van der Waals surface area contributed by atoms with E-state index in [-0.39, 0.29) is 25.3 Å². The Morgan fingerprint density at radius 2 is 1.24 bits per heavy atom. The largest absolute Gasteiger partial charge is 0.481 e. The molecule has 0 aliphatic carbocycles. The Morgan fingerprint density at radius 1 is 0.763 bits per heavy atom. The van der Waals surface area contributed by atoms with Crippen LogP contribution in [-0.4, -0.2) is 99.6 Å². The second kappa shape index (κ2) is 18.6. The number of hydrogen-bond acceptors (Lipinski definition) is 9. The molecule has 3 amide bonds. The molecule has 0 saturated heterocycles. The molecule has 0 aliphatic rings. The Balaban J connectivity index is 5.67. The van der Waals surface area contributed by atoms with Crippen LogP contribution in [0.1, 0.15) is 44.9 Å². The van der Waals surface area contributed by atoms with E-state index in [1.807, 2.05) is 6.26 Å². The minimum absolute atomic E-state index is 0.0350. The summed E-state index contributed by atoms with van der Waals surface area (Å²) in [4.78, 5) is 75.5. The number of thioether (sulfide) groups is 1. The lowest BCUT2D eigenvalue weighted by Crippen LogP contribution is -2.57. The number of aliphatic carboxylic acids is 3. The minimum atomic E-state index is -1.59. The van der Waals surface area contributed by atoms with Crippen LogP contribution in [0.3, 0.4) is 0 Å². The highest BCUT2D eigenvalue weighted by molar-refractivity contribution is 7.98. The lowest BCUT2D eigenvalue weighted by atomic mass is 10.1. The minimum Gasteiger partial charge on any atom is -0.481 e. The number of carboxylic acid groups (broad SMARTS) is 3. The van der Waals surface area contributed by atoms with Gasteiger partial charge < -0.3 is 48.5 Å². The van der Waals surface area contributed by atoms with E-state index in [0.29, 0.717) is 12.2 Å². The van der Waals surface area contributed by atoms with Crippen LogP contribution in [0.5, 0.6) is 0 Å². The topological polar surface area (TPSA) is 290 Å². The van der Waals surface area contributed by atoms with Crippen LogP contribution in [0.15, 0.2) is 4.99 Å². The van der Waals surface area contributed by atoms with Crippen LogP contribution in [0.4, 0.5) is 0 Å². The molecule has 0 aromatic rings. The second-order valence-electron chi connectivity index (χ2n) is 8.22. The van der Waals surface area contributed by atoms with Gasteiger partial charge in [0.2, 0.25) is 17.7 Å². The van der Waals surface area contributed by atoms with Crippen LogP contribution in [-0.2, 0) is 28.8 Å². The van der Waals surface area contributed by atoms with Crippen molar-refractivity contribution in [2.45, 2.75) is 69.1 Å². The zero-order valence-electron chi connectivity index (χ0n) is 21.1. The van der Waals surface area contributed by atoms with Gasteiger partial charge in [-0.05, 0) is 44.1 Å². The molecule has 0 saturated carbocycles. The highest BCUT2D eigenvalue weighted by Gasteiger charge is 2.30. The summed E-state index contributed by atoms with van der Waals surface area (Å²) in [6, 6.07) is -5.19. The number of carbonyl (C=O) groups is 6. The van der Waals surface area contributed by atoms with E-state index in [1.54, 1.807) is 0 Å². The van der Waals surface area contributed by atoms with E-state index in [2.05, 4.69) is 20.9 Å². The summed E-state index contributed by atoms with van der Waals surface area (Å²) in [7, 11) is 0. The van der Waals surface area contributed by atoms with Gasteiger partial charge in [0, 0.05) is 19.4 Å². The molecule has 0 aliphatic heterocycles. The van der Waals surface area contributed by atoms with Gasteiger partial charge in [0.1, 0.15) is 18.1 Å². The molecule has 0 rings (SSSR count). The number of carboxylic acids is 3. The molecule has 17 heteroatoms. The molecular weight excluding hydrogens is 526 g/mol. The Kier molecular flexibility index (Phi) is 16.9. The van der Waals surface area contributed by atoms with Crippen LogP contribution < -0.4 is 33.2 Å². The number of rotatable bonds is 20. The lowest BCUT2D eigenvalue weighted by Gasteiger charge is -2.25. The van der Waals surface area contributed by atoms with Crippen molar-refractivity contribution in [3.05, 3.63) is 0 Å². The first kappa shape index (κ1) is 34.4. The average Bonchev–Trinajstić information content (AvgIpc) is 2.83. The molecule has 0 heterocycles. The molecule has 0 fully saturated rings. The highest BCUT2D eigenvalue weighted by atomic mass is 32.2. The molecule has 0 radical (unpaired) electrons. The number of guanidine groups is 1. The van der Waals surface area contributed by atoms with E-state index in [0.717, 1.165) is 0 Å². The smallest absolute Gasteiger partial charge is 0.326 e. The summed E-state index contributed by atoms with van der Waals surface area (Å²) < 4.78 is 0. The van der Waals surface area contributed by atoms with Gasteiger partial charge in [-0.3, -0.25) is 29.0 Å². The van der Waals surface area contributed by atoms with Crippen molar-refractivity contribution in [1.82, 2.24) is 16.0 Å². The number of aliphatic imine (C=N–C) groups is 1. The summed E-state index contributed by atoms with van der Waals surface area (Å²) in [5.41, 5.74) is 16.4. The summed E-state index contributed by atoms with van der Waals surface area (Å²) in [6.45, 7) is 0.132. The molecule has 16 nitrogen and oxygen atoms in total. The van der Waals surface area contributed by atoms with Gasteiger partial charge in [-0.15, -0.1) is 0 Å². The fraction of sp³-hybridized carbons (Fsp3) is 0.667. The molecule has 4 atom stereocenters. The Bertz CT molecular complexity index is 868. The van der Waals surface area contributed by atoms with Crippen LogP contribution in [0.25, 0.3) is 0 Å². The Morgan fingerprint density at radius 3 is 1.71 bits per heavy atom. The van der Waals surface area contributed by atoms with Crippen LogP contribution in [0, 0.1) is 0 Å². The Labute approximate surface area is 223 Å². The molecule has 12 N–H and O–H groups in total. The molecular formula is C21H37N7O9S. The first-order chi connectivity index (χ1) is 17.8. The van der Waals surface area contributed by atoms with Crippen molar-refractivity contribution in [3.63, 3.8) is 0 Å². The monoisotopic (exact) mass is 563 g/mol. The van der Waals surface area contributed by atoms with E-state index in [4.69, 9.17) is 27.4 Å². The van der Waals surface area contributed by atoms with Crippen molar-refractivity contribution in [3.8, 4) is 0 Å². The maximum absolute atomic E-state index is 13.1. The first-order valence-electron chi connectivity index (χ1n) is 11.7. The summed E-state index contributed by atoms with van der Waals surface area (Å²) in [6.07, 6.45) is 0.519. The SMILES string of the molecule is CSCCC(N)C(=O)NC(CCCN=C(N)N)C(=O)NC(CCC(=O)O)C(=O)NC(CCC(=O)O)C(=O)O. The molecule has 0 aromatic heterocycles. The van der Waals surface area contributed by atoms with Gasteiger partial charge in [0.25, 0.3) is 0 Å². The van der Waals surface area contributed by atoms with E-state index in [9.17, 15) is 33.9 Å². The predicted octanol–water partition coefficient (Wildman–Crippen LogP) is -2.61. The van der Waals surface area contributed by atoms with E-state index in [1.165, 1.54) is 11.8 Å². The number of carbonyl (C=O) groups excluding carboxylic acids is 3. The second-order valence-corrected chi connectivity index (χ2v) is 9.21. The number of hydrogen-bond donors (Lipinski definition) is 9.